The molecule has 0 fully saturated rings. The molecule has 0 aromatic heterocycles. The lowest BCUT2D eigenvalue weighted by molar-refractivity contribution is -0.133. The molecule has 1 atom stereocenters. The zero-order chi connectivity index (χ0) is 12.1. The van der Waals surface area contributed by atoms with Crippen LogP contribution in [0.25, 0.3) is 0 Å². The van der Waals surface area contributed by atoms with Crippen LogP contribution in [0.5, 0.6) is 0 Å². The van der Waals surface area contributed by atoms with Crippen molar-refractivity contribution in [1.29, 1.82) is 0 Å². The Labute approximate surface area is 90.4 Å². The minimum atomic E-state index is -3.40. The molecule has 0 bridgehead atoms. The highest BCUT2D eigenvalue weighted by Crippen LogP contribution is 2.05. The lowest BCUT2D eigenvalue weighted by Gasteiger charge is -2.17. The van der Waals surface area contributed by atoms with Gasteiger partial charge >= 0.3 is 0 Å². The Kier molecular flexibility index (Phi) is 5.77. The topological polar surface area (TPSA) is 84.5 Å². The number of amides is 1. The summed E-state index contributed by atoms with van der Waals surface area (Å²) in [5, 5.41) is 0. The van der Waals surface area contributed by atoms with Crippen molar-refractivity contribution in [2.45, 2.75) is 26.3 Å². The van der Waals surface area contributed by atoms with E-state index in [4.69, 9.17) is 0 Å². The number of carbonyl (C=O) groups excluding carboxylic acids is 1. The van der Waals surface area contributed by atoms with E-state index in [9.17, 15) is 13.2 Å². The average Bonchev–Trinajstić information content (AvgIpc) is 1.99. The number of hydrogen-bond donors (Lipinski definition) is 2. The smallest absolute Gasteiger partial charge is 0.261 e. The van der Waals surface area contributed by atoms with Crippen molar-refractivity contribution in [1.82, 2.24) is 10.2 Å². The molecule has 0 aliphatic rings. The maximum atomic E-state index is 11.4. The van der Waals surface area contributed by atoms with E-state index in [1.165, 1.54) is 7.11 Å². The molecule has 0 radical (unpaired) electrons. The first-order valence-corrected chi connectivity index (χ1v) is 6.45. The van der Waals surface area contributed by atoms with Crippen molar-refractivity contribution < 1.29 is 18.0 Å². The van der Waals surface area contributed by atoms with Gasteiger partial charge in [0.05, 0.1) is 13.4 Å². The van der Waals surface area contributed by atoms with Crippen LogP contribution in [0.2, 0.25) is 0 Å². The molecule has 0 spiro atoms. The SMILES string of the molecule is CONC(=O)C(CC(C)C)NS(C)(=O)=O. The van der Waals surface area contributed by atoms with Crippen LogP contribution in [-0.2, 0) is 19.7 Å². The van der Waals surface area contributed by atoms with Crippen LogP contribution in [0.1, 0.15) is 20.3 Å². The first-order valence-electron chi connectivity index (χ1n) is 4.56. The second kappa shape index (κ2) is 6.04. The fourth-order valence-corrected chi connectivity index (χ4v) is 1.83. The lowest BCUT2D eigenvalue weighted by Crippen LogP contribution is -2.46. The summed E-state index contributed by atoms with van der Waals surface area (Å²) in [6, 6.07) is -0.792. The number of sulfonamides is 1. The van der Waals surface area contributed by atoms with Crippen LogP contribution in [0.3, 0.4) is 0 Å². The third-order valence-electron chi connectivity index (χ3n) is 1.58. The van der Waals surface area contributed by atoms with Gasteiger partial charge in [-0.3, -0.25) is 9.63 Å². The quantitative estimate of drug-likeness (QED) is 0.618. The normalized spacial score (nSPS) is 13.9. The summed E-state index contributed by atoms with van der Waals surface area (Å²) in [6.07, 6.45) is 1.43. The Morgan fingerprint density at radius 2 is 1.93 bits per heavy atom. The van der Waals surface area contributed by atoms with Crippen LogP contribution in [0, 0.1) is 5.92 Å². The predicted molar refractivity (Wildman–Crippen MR) is 56.4 cm³/mol. The highest BCUT2D eigenvalue weighted by molar-refractivity contribution is 7.88. The predicted octanol–water partition coefficient (Wildman–Crippen LogP) is -0.372. The fraction of sp³-hybridized carbons (Fsp3) is 0.875. The minimum Gasteiger partial charge on any atom is -0.277 e. The molecule has 0 aromatic carbocycles. The summed E-state index contributed by atoms with van der Waals surface area (Å²) in [6.45, 7) is 3.80. The molecular formula is C8H18N2O4S. The summed E-state index contributed by atoms with van der Waals surface area (Å²) >= 11 is 0. The molecule has 1 amide bonds. The standard InChI is InChI=1S/C8H18N2O4S/c1-6(2)5-7(8(11)9-14-3)10-15(4,12)13/h6-7,10H,5H2,1-4H3,(H,9,11). The minimum absolute atomic E-state index is 0.201. The van der Waals surface area contributed by atoms with E-state index in [0.717, 1.165) is 6.26 Å². The number of nitrogens with one attached hydrogen (secondary N) is 2. The molecule has 0 saturated carbocycles. The van der Waals surface area contributed by atoms with E-state index in [1.807, 2.05) is 13.8 Å². The lowest BCUT2D eigenvalue weighted by atomic mass is 10.0. The van der Waals surface area contributed by atoms with Crippen molar-refractivity contribution in [3.05, 3.63) is 0 Å². The van der Waals surface area contributed by atoms with Crippen LogP contribution >= 0.6 is 0 Å². The van der Waals surface area contributed by atoms with Gasteiger partial charge in [0.15, 0.2) is 0 Å². The summed E-state index contributed by atoms with van der Waals surface area (Å²) in [5.41, 5.74) is 2.11. The van der Waals surface area contributed by atoms with Gasteiger partial charge < -0.3 is 0 Å². The Hall–Kier alpha value is -0.660. The van der Waals surface area contributed by atoms with Crippen LogP contribution < -0.4 is 10.2 Å². The summed E-state index contributed by atoms with van der Waals surface area (Å²) in [4.78, 5) is 15.8. The van der Waals surface area contributed by atoms with Crippen molar-refractivity contribution in [3.63, 3.8) is 0 Å². The molecular weight excluding hydrogens is 220 g/mol. The van der Waals surface area contributed by atoms with E-state index < -0.39 is 22.0 Å². The second-order valence-corrected chi connectivity index (χ2v) is 5.52. The molecule has 0 aliphatic carbocycles. The van der Waals surface area contributed by atoms with Gasteiger partial charge in [-0.15, -0.1) is 0 Å². The van der Waals surface area contributed by atoms with Gasteiger partial charge in [0.1, 0.15) is 6.04 Å². The summed E-state index contributed by atoms with van der Waals surface area (Å²) < 4.78 is 24.3. The van der Waals surface area contributed by atoms with E-state index in [0.29, 0.717) is 6.42 Å². The van der Waals surface area contributed by atoms with E-state index in [2.05, 4.69) is 15.0 Å². The van der Waals surface area contributed by atoms with Gasteiger partial charge in [-0.2, -0.15) is 0 Å². The maximum Gasteiger partial charge on any atom is 0.261 e. The third kappa shape index (κ3) is 7.29. The highest BCUT2D eigenvalue weighted by Gasteiger charge is 2.22. The number of hydrogen-bond acceptors (Lipinski definition) is 4. The number of carbonyl (C=O) groups is 1. The van der Waals surface area contributed by atoms with Crippen LogP contribution in [0.15, 0.2) is 0 Å². The second-order valence-electron chi connectivity index (χ2n) is 3.74. The molecule has 0 aromatic rings. The van der Waals surface area contributed by atoms with Crippen LogP contribution in [-0.4, -0.2) is 33.7 Å². The Balaban J connectivity index is 4.51. The summed E-state index contributed by atoms with van der Waals surface area (Å²) in [7, 11) is -2.10. The fourth-order valence-electron chi connectivity index (χ4n) is 1.11. The van der Waals surface area contributed by atoms with E-state index >= 15 is 0 Å². The number of hydroxylamine groups is 1. The molecule has 2 N–H and O–H groups in total. The third-order valence-corrected chi connectivity index (χ3v) is 2.30. The van der Waals surface area contributed by atoms with Gasteiger partial charge in [0.2, 0.25) is 10.0 Å². The molecule has 90 valence electrons. The van der Waals surface area contributed by atoms with Gasteiger partial charge in [0.25, 0.3) is 5.91 Å². The van der Waals surface area contributed by atoms with E-state index in [-0.39, 0.29) is 5.92 Å². The Morgan fingerprint density at radius 3 is 2.27 bits per heavy atom. The largest absolute Gasteiger partial charge is 0.277 e. The zero-order valence-electron chi connectivity index (χ0n) is 9.40. The molecule has 7 heteroatoms. The van der Waals surface area contributed by atoms with Crippen molar-refractivity contribution in [2.24, 2.45) is 5.92 Å². The Bertz CT molecular complexity index is 300. The molecule has 1 unspecified atom stereocenters. The highest BCUT2D eigenvalue weighted by atomic mass is 32.2. The molecule has 0 saturated heterocycles. The molecule has 0 rings (SSSR count). The summed E-state index contributed by atoms with van der Waals surface area (Å²) in [5.74, 6) is -0.288. The first kappa shape index (κ1) is 14.3. The molecule has 0 heterocycles. The van der Waals surface area contributed by atoms with Gasteiger partial charge in [-0.25, -0.2) is 18.6 Å². The van der Waals surface area contributed by atoms with Gasteiger partial charge in [-0.05, 0) is 12.3 Å². The van der Waals surface area contributed by atoms with Crippen LogP contribution in [0.4, 0.5) is 0 Å². The molecule has 6 nitrogen and oxygen atoms in total. The first-order chi connectivity index (χ1) is 6.76. The van der Waals surface area contributed by atoms with Crippen molar-refractivity contribution >= 4 is 15.9 Å². The average molecular weight is 238 g/mol. The maximum absolute atomic E-state index is 11.4. The van der Waals surface area contributed by atoms with Crippen molar-refractivity contribution in [2.75, 3.05) is 13.4 Å². The van der Waals surface area contributed by atoms with E-state index in [1.54, 1.807) is 0 Å². The van der Waals surface area contributed by atoms with Crippen molar-refractivity contribution in [3.8, 4) is 0 Å². The molecule has 15 heavy (non-hydrogen) atoms. The van der Waals surface area contributed by atoms with Gasteiger partial charge in [0, 0.05) is 0 Å². The van der Waals surface area contributed by atoms with Gasteiger partial charge in [-0.1, -0.05) is 13.8 Å². The number of rotatable bonds is 6. The Morgan fingerprint density at radius 1 is 1.40 bits per heavy atom. The molecule has 0 aliphatic heterocycles. The zero-order valence-corrected chi connectivity index (χ0v) is 10.2. The monoisotopic (exact) mass is 238 g/mol.